The molecule has 132 valence electrons. The Kier molecular flexibility index (Phi) is 4.58. The average Bonchev–Trinajstić information content (AvgIpc) is 2.52. The summed E-state index contributed by atoms with van der Waals surface area (Å²) in [5.74, 6) is -0.250. The first-order valence-electron chi connectivity index (χ1n) is 7.57. The van der Waals surface area contributed by atoms with Crippen molar-refractivity contribution in [3.8, 4) is 17.0 Å². The molecule has 0 radical (unpaired) electrons. The van der Waals surface area contributed by atoms with Crippen LogP contribution in [0.3, 0.4) is 0 Å². The Bertz CT molecular complexity index is 774. The van der Waals surface area contributed by atoms with E-state index in [1.54, 1.807) is 12.1 Å². The first-order chi connectivity index (χ1) is 11.8. The van der Waals surface area contributed by atoms with Crippen LogP contribution in [0.2, 0.25) is 0 Å². The van der Waals surface area contributed by atoms with Crippen molar-refractivity contribution in [3.05, 3.63) is 41.9 Å². The standard InChI is InChI=1S/C16H15F3N4O2/c17-16(18,19)14-8-21-12(7-22-14)10-5-9(1-2-13(10)24)6-23-15(25)11-3-4-20-11/h1-2,5,7-8,11,20,24H,3-4,6H2,(H,23,25)/t11-/m0/s1. The van der Waals surface area contributed by atoms with E-state index in [0.717, 1.165) is 19.2 Å². The summed E-state index contributed by atoms with van der Waals surface area (Å²) in [6.45, 7) is 1.05. The molecule has 1 aromatic carbocycles. The molecule has 25 heavy (non-hydrogen) atoms. The summed E-state index contributed by atoms with van der Waals surface area (Å²) in [6.07, 6.45) is -2.22. The van der Waals surface area contributed by atoms with Crippen LogP contribution in [0.25, 0.3) is 11.3 Å². The van der Waals surface area contributed by atoms with Crippen molar-refractivity contribution < 1.29 is 23.1 Å². The molecule has 0 aliphatic carbocycles. The predicted molar refractivity (Wildman–Crippen MR) is 82.4 cm³/mol. The van der Waals surface area contributed by atoms with Crippen molar-refractivity contribution in [1.29, 1.82) is 0 Å². The van der Waals surface area contributed by atoms with Gasteiger partial charge < -0.3 is 15.7 Å². The van der Waals surface area contributed by atoms with Gasteiger partial charge in [0.25, 0.3) is 0 Å². The van der Waals surface area contributed by atoms with Crippen molar-refractivity contribution in [2.24, 2.45) is 0 Å². The number of nitrogens with one attached hydrogen (secondary N) is 2. The molecule has 0 unspecified atom stereocenters. The SMILES string of the molecule is O=C(NCc1ccc(O)c(-c2cnc(C(F)(F)F)cn2)c1)[C@@H]1CCN1. The highest BCUT2D eigenvalue weighted by molar-refractivity contribution is 5.82. The van der Waals surface area contributed by atoms with Crippen LogP contribution < -0.4 is 10.6 Å². The van der Waals surface area contributed by atoms with Crippen LogP contribution >= 0.6 is 0 Å². The Morgan fingerprint density at radius 1 is 1.32 bits per heavy atom. The van der Waals surface area contributed by atoms with Crippen LogP contribution in [-0.2, 0) is 17.5 Å². The van der Waals surface area contributed by atoms with E-state index < -0.39 is 11.9 Å². The summed E-state index contributed by atoms with van der Waals surface area (Å²) in [5, 5.41) is 15.7. The highest BCUT2D eigenvalue weighted by Gasteiger charge is 2.32. The zero-order chi connectivity index (χ0) is 18.0. The number of nitrogens with zero attached hydrogens (tertiary/aromatic N) is 2. The van der Waals surface area contributed by atoms with Gasteiger partial charge in [0.05, 0.1) is 24.1 Å². The molecule has 0 saturated carbocycles. The van der Waals surface area contributed by atoms with Crippen molar-refractivity contribution in [1.82, 2.24) is 20.6 Å². The number of halogens is 3. The molecule has 0 spiro atoms. The first kappa shape index (κ1) is 17.2. The summed E-state index contributed by atoms with van der Waals surface area (Å²) in [6, 6.07) is 4.39. The van der Waals surface area contributed by atoms with Gasteiger partial charge in [-0.1, -0.05) is 6.07 Å². The highest BCUT2D eigenvalue weighted by atomic mass is 19.4. The van der Waals surface area contributed by atoms with E-state index in [1.807, 2.05) is 0 Å². The fourth-order valence-electron chi connectivity index (χ4n) is 2.34. The maximum Gasteiger partial charge on any atom is 0.434 e. The summed E-state index contributed by atoms with van der Waals surface area (Å²) in [5.41, 5.74) is -0.0663. The molecule has 2 heterocycles. The molecule has 6 nitrogen and oxygen atoms in total. The molecule has 1 saturated heterocycles. The Morgan fingerprint density at radius 2 is 2.08 bits per heavy atom. The number of phenols is 1. The second-order valence-electron chi connectivity index (χ2n) is 5.65. The number of phenolic OH excluding ortho intramolecular Hbond substituents is 1. The third kappa shape index (κ3) is 3.87. The van der Waals surface area contributed by atoms with Crippen LogP contribution in [0.1, 0.15) is 17.7 Å². The Morgan fingerprint density at radius 3 is 2.64 bits per heavy atom. The first-order valence-corrected chi connectivity index (χ1v) is 7.57. The number of benzene rings is 1. The summed E-state index contributed by atoms with van der Waals surface area (Å²) < 4.78 is 37.6. The third-order valence-corrected chi connectivity index (χ3v) is 3.89. The summed E-state index contributed by atoms with van der Waals surface area (Å²) >= 11 is 0. The molecular weight excluding hydrogens is 337 g/mol. The van der Waals surface area contributed by atoms with Gasteiger partial charge in [0.2, 0.25) is 5.91 Å². The fourth-order valence-corrected chi connectivity index (χ4v) is 2.34. The van der Waals surface area contributed by atoms with E-state index in [4.69, 9.17) is 0 Å². The van der Waals surface area contributed by atoms with Crippen LogP contribution in [0.5, 0.6) is 5.75 Å². The van der Waals surface area contributed by atoms with Crippen molar-refractivity contribution in [3.63, 3.8) is 0 Å². The molecule has 2 aromatic rings. The van der Waals surface area contributed by atoms with Gasteiger partial charge in [-0.2, -0.15) is 13.2 Å². The zero-order valence-corrected chi connectivity index (χ0v) is 13.0. The van der Waals surface area contributed by atoms with Gasteiger partial charge in [-0.05, 0) is 30.7 Å². The summed E-state index contributed by atoms with van der Waals surface area (Å²) in [7, 11) is 0. The topological polar surface area (TPSA) is 87.1 Å². The second kappa shape index (κ2) is 6.67. The van der Waals surface area contributed by atoms with E-state index in [1.165, 1.54) is 6.07 Å². The molecule has 1 fully saturated rings. The number of alkyl halides is 3. The van der Waals surface area contributed by atoms with Crippen LogP contribution in [0.15, 0.2) is 30.6 Å². The number of hydrogen-bond acceptors (Lipinski definition) is 5. The maximum absolute atomic E-state index is 12.5. The van der Waals surface area contributed by atoms with E-state index in [-0.39, 0.29) is 35.5 Å². The van der Waals surface area contributed by atoms with Gasteiger partial charge in [-0.15, -0.1) is 0 Å². The van der Waals surface area contributed by atoms with Crippen LogP contribution in [-0.4, -0.2) is 33.6 Å². The number of amides is 1. The molecule has 1 aliphatic rings. The van der Waals surface area contributed by atoms with E-state index in [2.05, 4.69) is 20.6 Å². The normalized spacial score (nSPS) is 17.0. The second-order valence-corrected chi connectivity index (χ2v) is 5.65. The number of aromatic nitrogens is 2. The van der Waals surface area contributed by atoms with Crippen LogP contribution in [0.4, 0.5) is 13.2 Å². The Labute approximate surface area is 141 Å². The lowest BCUT2D eigenvalue weighted by Gasteiger charge is -2.26. The third-order valence-electron chi connectivity index (χ3n) is 3.89. The average molecular weight is 352 g/mol. The van der Waals surface area contributed by atoms with Crippen molar-refractivity contribution in [2.75, 3.05) is 6.54 Å². The number of carbonyl (C=O) groups excluding carboxylic acids is 1. The quantitative estimate of drug-likeness (QED) is 0.782. The number of hydrogen-bond donors (Lipinski definition) is 3. The van der Waals surface area contributed by atoms with E-state index >= 15 is 0 Å². The summed E-state index contributed by atoms with van der Waals surface area (Å²) in [4.78, 5) is 18.9. The van der Waals surface area contributed by atoms with Gasteiger partial charge in [0.1, 0.15) is 5.75 Å². The minimum atomic E-state index is -4.57. The molecule has 1 atom stereocenters. The van der Waals surface area contributed by atoms with Gasteiger partial charge in [0.15, 0.2) is 5.69 Å². The van der Waals surface area contributed by atoms with E-state index in [0.29, 0.717) is 11.8 Å². The lowest BCUT2D eigenvalue weighted by molar-refractivity contribution is -0.141. The molecule has 1 aromatic heterocycles. The van der Waals surface area contributed by atoms with Crippen molar-refractivity contribution >= 4 is 5.91 Å². The van der Waals surface area contributed by atoms with Gasteiger partial charge in [0, 0.05) is 12.1 Å². The predicted octanol–water partition coefficient (Wildman–Crippen LogP) is 1.85. The van der Waals surface area contributed by atoms with Gasteiger partial charge in [-0.3, -0.25) is 9.78 Å². The minimum Gasteiger partial charge on any atom is -0.507 e. The largest absolute Gasteiger partial charge is 0.507 e. The fraction of sp³-hybridized carbons (Fsp3) is 0.312. The molecule has 1 aliphatic heterocycles. The molecular formula is C16H15F3N4O2. The lowest BCUT2D eigenvalue weighted by Crippen LogP contribution is -2.52. The molecule has 3 rings (SSSR count). The number of aromatic hydroxyl groups is 1. The minimum absolute atomic E-state index is 0.110. The zero-order valence-electron chi connectivity index (χ0n) is 13.0. The maximum atomic E-state index is 12.5. The van der Waals surface area contributed by atoms with E-state index in [9.17, 15) is 23.1 Å². The van der Waals surface area contributed by atoms with Crippen molar-refractivity contribution in [2.45, 2.75) is 25.2 Å². The van der Waals surface area contributed by atoms with Gasteiger partial charge >= 0.3 is 6.18 Å². The monoisotopic (exact) mass is 352 g/mol. The molecule has 1 amide bonds. The van der Waals surface area contributed by atoms with Crippen LogP contribution in [0, 0.1) is 0 Å². The Balaban J connectivity index is 1.75. The smallest absolute Gasteiger partial charge is 0.434 e. The molecule has 3 N–H and O–H groups in total. The van der Waals surface area contributed by atoms with Gasteiger partial charge in [-0.25, -0.2) is 4.98 Å². The number of carbonyl (C=O) groups is 1. The molecule has 9 heteroatoms. The Hall–Kier alpha value is -2.68. The molecule has 0 bridgehead atoms. The highest BCUT2D eigenvalue weighted by Crippen LogP contribution is 2.31. The lowest BCUT2D eigenvalue weighted by atomic mass is 10.1. The number of rotatable bonds is 4.